The van der Waals surface area contributed by atoms with E-state index in [1.54, 1.807) is 6.08 Å². The van der Waals surface area contributed by atoms with E-state index >= 15 is 0 Å². The molecule has 0 aromatic carbocycles. The van der Waals surface area contributed by atoms with Gasteiger partial charge in [-0.05, 0) is 57.8 Å². The van der Waals surface area contributed by atoms with Crippen LogP contribution in [0.15, 0.2) is 24.3 Å². The molecule has 0 heterocycles. The summed E-state index contributed by atoms with van der Waals surface area (Å²) in [5.41, 5.74) is 0. The third kappa shape index (κ3) is 73.4. The normalized spacial score (nSPS) is 12.5. The molecule has 88 heavy (non-hydrogen) atoms. The fourth-order valence-electron chi connectivity index (χ4n) is 13.0. The fourth-order valence-corrected chi connectivity index (χ4v) is 13.0. The summed E-state index contributed by atoms with van der Waals surface area (Å²) in [6, 6.07) is -0.628. The second kappa shape index (κ2) is 77.8. The van der Waals surface area contributed by atoms with E-state index in [2.05, 4.69) is 31.3 Å². The van der Waals surface area contributed by atoms with Crippen LogP contribution in [0.25, 0.3) is 0 Å². The van der Waals surface area contributed by atoms with Gasteiger partial charge in [0.05, 0.1) is 25.4 Å². The van der Waals surface area contributed by atoms with Gasteiger partial charge in [-0.15, -0.1) is 0 Å². The first-order valence-corrected chi connectivity index (χ1v) is 40.6. The van der Waals surface area contributed by atoms with Crippen molar-refractivity contribution in [2.75, 3.05) is 13.2 Å². The van der Waals surface area contributed by atoms with Crippen molar-refractivity contribution in [3.05, 3.63) is 24.3 Å². The van der Waals surface area contributed by atoms with E-state index in [0.29, 0.717) is 19.4 Å². The topological polar surface area (TPSA) is 95.9 Å². The zero-order valence-corrected chi connectivity index (χ0v) is 60.0. The minimum absolute atomic E-state index is 0.0214. The molecule has 2 unspecified atom stereocenters. The molecule has 0 aromatic rings. The lowest BCUT2D eigenvalue weighted by Crippen LogP contribution is -2.45. The Morgan fingerprint density at radius 1 is 0.307 bits per heavy atom. The van der Waals surface area contributed by atoms with Crippen LogP contribution in [0.5, 0.6) is 0 Å². The number of carbonyl (C=O) groups is 2. The Morgan fingerprint density at radius 2 is 0.534 bits per heavy atom. The lowest BCUT2D eigenvalue weighted by atomic mass is 10.0. The summed E-state index contributed by atoms with van der Waals surface area (Å²) in [4.78, 5) is 24.7. The maximum Gasteiger partial charge on any atom is 0.305 e. The van der Waals surface area contributed by atoms with Crippen LogP contribution in [0, 0.1) is 0 Å². The van der Waals surface area contributed by atoms with Crippen LogP contribution in [0.4, 0.5) is 0 Å². The molecule has 0 bridgehead atoms. The van der Waals surface area contributed by atoms with Crippen LogP contribution >= 0.6 is 0 Å². The molecule has 0 aliphatic rings. The Morgan fingerprint density at radius 3 is 0.807 bits per heavy atom. The lowest BCUT2D eigenvalue weighted by molar-refractivity contribution is -0.143. The molecule has 0 aliphatic heterocycles. The quantitative estimate of drug-likeness (QED) is 0.0320. The summed E-state index contributed by atoms with van der Waals surface area (Å²) in [7, 11) is 0. The number of esters is 1. The van der Waals surface area contributed by atoms with Crippen molar-refractivity contribution in [2.24, 2.45) is 0 Å². The molecule has 0 aliphatic carbocycles. The van der Waals surface area contributed by atoms with E-state index in [4.69, 9.17) is 4.74 Å². The van der Waals surface area contributed by atoms with Gasteiger partial charge in [0.15, 0.2) is 0 Å². The molecule has 0 aromatic heterocycles. The Labute approximate surface area is 551 Å². The number of aliphatic hydroxyl groups excluding tert-OH is 2. The largest absolute Gasteiger partial charge is 0.466 e. The Hall–Kier alpha value is -1.66. The number of carbonyl (C=O) groups excluding carboxylic acids is 2. The molecule has 0 radical (unpaired) electrons. The van der Waals surface area contributed by atoms with E-state index in [1.165, 1.54) is 398 Å². The molecule has 0 saturated heterocycles. The van der Waals surface area contributed by atoms with Crippen LogP contribution in [0.3, 0.4) is 0 Å². The summed E-state index contributed by atoms with van der Waals surface area (Å²) >= 11 is 0. The molecule has 0 saturated carbocycles. The number of aliphatic hydroxyl groups is 2. The minimum atomic E-state index is -0.845. The smallest absolute Gasteiger partial charge is 0.305 e. The molecule has 2 atom stereocenters. The van der Waals surface area contributed by atoms with Crippen LogP contribution in [-0.2, 0) is 14.3 Å². The van der Waals surface area contributed by atoms with E-state index in [1.807, 2.05) is 6.08 Å². The highest BCUT2D eigenvalue weighted by molar-refractivity contribution is 5.76. The highest BCUT2D eigenvalue weighted by Crippen LogP contribution is 2.20. The van der Waals surface area contributed by atoms with Gasteiger partial charge in [-0.1, -0.05) is 417 Å². The Balaban J connectivity index is 3.38. The molecule has 6 nitrogen and oxygen atoms in total. The van der Waals surface area contributed by atoms with Gasteiger partial charge >= 0.3 is 5.97 Å². The second-order valence-electron chi connectivity index (χ2n) is 28.1. The van der Waals surface area contributed by atoms with E-state index < -0.39 is 12.1 Å². The monoisotopic (exact) mass is 1240 g/mol. The van der Waals surface area contributed by atoms with Crippen molar-refractivity contribution in [3.8, 4) is 0 Å². The van der Waals surface area contributed by atoms with E-state index in [-0.39, 0.29) is 18.5 Å². The predicted molar refractivity (Wildman–Crippen MR) is 389 cm³/mol. The van der Waals surface area contributed by atoms with Crippen LogP contribution < -0.4 is 5.32 Å². The van der Waals surface area contributed by atoms with E-state index in [9.17, 15) is 19.8 Å². The fraction of sp³-hybridized carbons (Fsp3) is 0.927. The van der Waals surface area contributed by atoms with Gasteiger partial charge in [0, 0.05) is 12.8 Å². The lowest BCUT2D eigenvalue weighted by Gasteiger charge is -2.20. The molecule has 3 N–H and O–H groups in total. The summed E-state index contributed by atoms with van der Waals surface area (Å²) in [5.74, 6) is -0.0395. The van der Waals surface area contributed by atoms with Gasteiger partial charge in [0.25, 0.3) is 0 Å². The van der Waals surface area contributed by atoms with Crippen molar-refractivity contribution in [1.29, 1.82) is 0 Å². The molecule has 0 spiro atoms. The third-order valence-corrected chi connectivity index (χ3v) is 19.2. The van der Waals surface area contributed by atoms with Gasteiger partial charge in [0.1, 0.15) is 0 Å². The number of hydrogen-bond acceptors (Lipinski definition) is 5. The van der Waals surface area contributed by atoms with Crippen molar-refractivity contribution in [3.63, 3.8) is 0 Å². The first-order chi connectivity index (χ1) is 43.5. The average Bonchev–Trinajstić information content (AvgIpc) is 3.58. The van der Waals surface area contributed by atoms with Crippen molar-refractivity contribution >= 4 is 11.9 Å². The number of unbranched alkanes of at least 4 members (excludes halogenated alkanes) is 64. The molecule has 6 heteroatoms. The summed E-state index contributed by atoms with van der Waals surface area (Å²) in [5, 5.41) is 23.3. The summed E-state index contributed by atoms with van der Waals surface area (Å²) in [6.07, 6.45) is 100. The van der Waals surface area contributed by atoms with Gasteiger partial charge in [-0.3, -0.25) is 9.59 Å². The van der Waals surface area contributed by atoms with Gasteiger partial charge < -0.3 is 20.3 Å². The standard InChI is InChI=1S/C82H159NO5/c1-3-5-7-9-11-13-15-17-19-21-22-23-24-31-34-37-40-43-46-50-54-58-62-66-70-74-80(85)79(78-84)83-81(86)75-71-67-63-59-55-51-47-44-41-38-35-32-29-27-25-26-28-30-33-36-39-42-45-49-53-57-61-65-69-73-77-88-82(87)76-72-68-64-60-56-52-48-20-18-16-14-12-10-8-6-4-2/h26,28,70,74,79-80,84-85H,3-25,27,29-69,71-73,75-78H2,1-2H3,(H,83,86)/b28-26-,74-70+. The number of allylic oxidation sites excluding steroid dienone is 3. The Bertz CT molecular complexity index is 1380. The van der Waals surface area contributed by atoms with Crippen molar-refractivity contribution in [1.82, 2.24) is 5.32 Å². The highest BCUT2D eigenvalue weighted by Gasteiger charge is 2.18. The predicted octanol–water partition coefficient (Wildman–Crippen LogP) is 26.8. The van der Waals surface area contributed by atoms with Gasteiger partial charge in [0.2, 0.25) is 5.91 Å². The van der Waals surface area contributed by atoms with Crippen LogP contribution in [0.1, 0.15) is 463 Å². The van der Waals surface area contributed by atoms with Gasteiger partial charge in [-0.25, -0.2) is 0 Å². The molecular weight excluding hydrogens is 1080 g/mol. The highest BCUT2D eigenvalue weighted by atomic mass is 16.5. The molecule has 522 valence electrons. The Kier molecular flexibility index (Phi) is 76.3. The number of rotatable bonds is 77. The number of hydrogen-bond donors (Lipinski definition) is 3. The average molecular weight is 1240 g/mol. The third-order valence-electron chi connectivity index (χ3n) is 19.2. The first kappa shape index (κ1) is 86.3. The van der Waals surface area contributed by atoms with E-state index in [0.717, 1.165) is 38.5 Å². The molecular formula is C82H159NO5. The minimum Gasteiger partial charge on any atom is -0.466 e. The number of nitrogens with one attached hydrogen (secondary N) is 1. The van der Waals surface area contributed by atoms with Crippen molar-refractivity contribution < 1.29 is 24.5 Å². The van der Waals surface area contributed by atoms with Gasteiger partial charge in [-0.2, -0.15) is 0 Å². The van der Waals surface area contributed by atoms with Crippen molar-refractivity contribution in [2.45, 2.75) is 475 Å². The van der Waals surface area contributed by atoms with Crippen LogP contribution in [0.2, 0.25) is 0 Å². The molecule has 0 fully saturated rings. The second-order valence-corrected chi connectivity index (χ2v) is 28.1. The number of ether oxygens (including phenoxy) is 1. The summed E-state index contributed by atoms with van der Waals surface area (Å²) in [6.45, 7) is 4.96. The zero-order chi connectivity index (χ0) is 63.5. The SMILES string of the molecule is CCCCCCCCCCCCCCCCCCCCCCCCC/C=C/C(O)C(CO)NC(=O)CCCCCCCCCCCCCCCC/C=C\CCCCCCCCCCCCCCOC(=O)CCCCCCCCCCCCCCCCCC. The molecule has 0 rings (SSSR count). The maximum atomic E-state index is 12.6. The summed E-state index contributed by atoms with van der Waals surface area (Å²) < 4.78 is 5.51. The number of amides is 1. The zero-order valence-electron chi connectivity index (χ0n) is 60.0. The maximum absolute atomic E-state index is 12.6. The first-order valence-electron chi connectivity index (χ1n) is 40.6. The molecule has 1 amide bonds. The van der Waals surface area contributed by atoms with Crippen LogP contribution in [-0.4, -0.2) is 47.4 Å².